The molecule has 1 unspecified atom stereocenters. The van der Waals surface area contributed by atoms with Gasteiger partial charge in [0.25, 0.3) is 0 Å². The van der Waals surface area contributed by atoms with E-state index in [1.165, 1.54) is 11.4 Å². The highest BCUT2D eigenvalue weighted by Crippen LogP contribution is 2.34. The van der Waals surface area contributed by atoms with Crippen molar-refractivity contribution in [3.05, 3.63) is 23.9 Å². The summed E-state index contributed by atoms with van der Waals surface area (Å²) >= 11 is 0. The van der Waals surface area contributed by atoms with Gasteiger partial charge in [0.2, 0.25) is 0 Å². The molecule has 0 N–H and O–H groups in total. The summed E-state index contributed by atoms with van der Waals surface area (Å²) in [4.78, 5) is 6.99. The van der Waals surface area contributed by atoms with Crippen LogP contribution in [-0.2, 0) is 6.42 Å². The first-order chi connectivity index (χ1) is 8.11. The molecule has 1 aliphatic rings. The van der Waals surface area contributed by atoms with Crippen LogP contribution in [0.4, 0.5) is 5.82 Å². The quantitative estimate of drug-likeness (QED) is 0.771. The molecule has 2 heterocycles. The minimum absolute atomic E-state index is 0.536. The summed E-state index contributed by atoms with van der Waals surface area (Å²) in [6, 6.07) is 5.41. The minimum atomic E-state index is 0.536. The van der Waals surface area contributed by atoms with Gasteiger partial charge in [0.15, 0.2) is 0 Å². The molecule has 2 rings (SSSR count). The van der Waals surface area contributed by atoms with E-state index in [9.17, 15) is 0 Å². The average Bonchev–Trinajstić information content (AvgIpc) is 2.71. The smallest absolute Gasteiger partial charge is 0.132 e. The zero-order valence-corrected chi connectivity index (χ0v) is 12.1. The van der Waals surface area contributed by atoms with Gasteiger partial charge >= 0.3 is 0 Å². The van der Waals surface area contributed by atoms with E-state index in [-0.39, 0.29) is 0 Å². The SMILES string of the molecule is CC.CC(C)C1Cc2cccnc2N1C(C)C. The molecule has 1 atom stereocenters. The predicted molar refractivity (Wildman–Crippen MR) is 75.5 cm³/mol. The van der Waals surface area contributed by atoms with Crippen molar-refractivity contribution in [2.24, 2.45) is 5.92 Å². The molecule has 0 spiro atoms. The number of rotatable bonds is 2. The Hall–Kier alpha value is -1.05. The van der Waals surface area contributed by atoms with Gasteiger partial charge in [-0.1, -0.05) is 33.8 Å². The maximum absolute atomic E-state index is 4.52. The van der Waals surface area contributed by atoms with Crippen LogP contribution in [-0.4, -0.2) is 17.1 Å². The van der Waals surface area contributed by atoms with Crippen molar-refractivity contribution in [1.82, 2.24) is 4.98 Å². The lowest BCUT2D eigenvalue weighted by atomic mass is 9.99. The molecule has 0 bridgehead atoms. The average molecular weight is 234 g/mol. The van der Waals surface area contributed by atoms with Crippen LogP contribution in [0, 0.1) is 5.92 Å². The van der Waals surface area contributed by atoms with E-state index in [1.807, 2.05) is 26.1 Å². The van der Waals surface area contributed by atoms with Crippen molar-refractivity contribution >= 4 is 5.82 Å². The second-order valence-electron chi connectivity index (χ2n) is 5.00. The van der Waals surface area contributed by atoms with Crippen LogP contribution in [0.3, 0.4) is 0 Å². The number of pyridine rings is 1. The van der Waals surface area contributed by atoms with Crippen LogP contribution < -0.4 is 4.90 Å². The maximum Gasteiger partial charge on any atom is 0.132 e. The molecule has 0 saturated carbocycles. The Kier molecular flexibility index (Phi) is 4.98. The Balaban J connectivity index is 0.000000686. The third-order valence-corrected chi connectivity index (χ3v) is 3.22. The predicted octanol–water partition coefficient (Wildman–Crippen LogP) is 3.90. The summed E-state index contributed by atoms with van der Waals surface area (Å²) < 4.78 is 0. The second-order valence-corrected chi connectivity index (χ2v) is 5.00. The van der Waals surface area contributed by atoms with E-state index in [0.29, 0.717) is 18.0 Å². The van der Waals surface area contributed by atoms with Crippen molar-refractivity contribution in [2.75, 3.05) is 4.90 Å². The molecule has 0 fully saturated rings. The molecule has 1 aromatic rings. The largest absolute Gasteiger partial charge is 0.350 e. The van der Waals surface area contributed by atoms with E-state index >= 15 is 0 Å². The van der Waals surface area contributed by atoms with Crippen LogP contribution in [0.2, 0.25) is 0 Å². The summed E-state index contributed by atoms with van der Waals surface area (Å²) in [5, 5.41) is 0. The van der Waals surface area contributed by atoms with Crippen LogP contribution in [0.25, 0.3) is 0 Å². The maximum atomic E-state index is 4.52. The Labute approximate surface area is 106 Å². The van der Waals surface area contributed by atoms with E-state index in [4.69, 9.17) is 0 Å². The zero-order chi connectivity index (χ0) is 13.0. The van der Waals surface area contributed by atoms with Gasteiger partial charge in [-0.2, -0.15) is 0 Å². The van der Waals surface area contributed by atoms with Gasteiger partial charge in [-0.05, 0) is 37.8 Å². The molecule has 0 aliphatic carbocycles. The second kappa shape index (κ2) is 6.04. The van der Waals surface area contributed by atoms with Crippen molar-refractivity contribution in [2.45, 2.75) is 60.0 Å². The molecule has 1 aliphatic heterocycles. The monoisotopic (exact) mass is 234 g/mol. The molecule has 0 aromatic carbocycles. The number of hydrogen-bond donors (Lipinski definition) is 0. The lowest BCUT2D eigenvalue weighted by molar-refractivity contribution is 0.447. The molecule has 0 saturated heterocycles. The van der Waals surface area contributed by atoms with Gasteiger partial charge in [-0.15, -0.1) is 0 Å². The first-order valence-electron chi connectivity index (χ1n) is 6.83. The van der Waals surface area contributed by atoms with Gasteiger partial charge < -0.3 is 4.90 Å². The number of nitrogens with zero attached hydrogens (tertiary/aromatic N) is 2. The van der Waals surface area contributed by atoms with Gasteiger partial charge in [-0.25, -0.2) is 4.98 Å². The van der Waals surface area contributed by atoms with Crippen LogP contribution in [0.15, 0.2) is 18.3 Å². The number of fused-ring (bicyclic) bond motifs is 1. The summed E-state index contributed by atoms with van der Waals surface area (Å²) in [6.45, 7) is 13.1. The lowest BCUT2D eigenvalue weighted by Gasteiger charge is -2.33. The first-order valence-corrected chi connectivity index (χ1v) is 6.83. The highest BCUT2D eigenvalue weighted by Gasteiger charge is 2.33. The third-order valence-electron chi connectivity index (χ3n) is 3.22. The van der Waals surface area contributed by atoms with Crippen molar-refractivity contribution in [1.29, 1.82) is 0 Å². The summed E-state index contributed by atoms with van der Waals surface area (Å²) in [5.41, 5.74) is 1.41. The van der Waals surface area contributed by atoms with Gasteiger partial charge in [0, 0.05) is 18.3 Å². The molecule has 2 nitrogen and oxygen atoms in total. The van der Waals surface area contributed by atoms with Crippen molar-refractivity contribution in [3.63, 3.8) is 0 Å². The Morgan fingerprint density at radius 3 is 2.41 bits per heavy atom. The zero-order valence-electron chi connectivity index (χ0n) is 12.1. The lowest BCUT2D eigenvalue weighted by Crippen LogP contribution is -2.41. The van der Waals surface area contributed by atoms with Crippen LogP contribution >= 0.6 is 0 Å². The molecule has 0 amide bonds. The van der Waals surface area contributed by atoms with Crippen LogP contribution in [0.5, 0.6) is 0 Å². The molecular formula is C15H26N2. The van der Waals surface area contributed by atoms with E-state index in [0.717, 1.165) is 6.42 Å². The van der Waals surface area contributed by atoms with E-state index < -0.39 is 0 Å². The third kappa shape index (κ3) is 2.80. The Bertz CT molecular complexity index is 345. The molecule has 17 heavy (non-hydrogen) atoms. The number of aromatic nitrogens is 1. The number of anilines is 1. The normalized spacial score (nSPS) is 18.1. The minimum Gasteiger partial charge on any atom is -0.350 e. The van der Waals surface area contributed by atoms with Crippen LogP contribution in [0.1, 0.15) is 47.1 Å². The summed E-state index contributed by atoms with van der Waals surface area (Å²) in [6.07, 6.45) is 3.05. The van der Waals surface area contributed by atoms with Gasteiger partial charge in [-0.3, -0.25) is 0 Å². The highest BCUT2D eigenvalue weighted by molar-refractivity contribution is 5.54. The standard InChI is InChI=1S/C13H20N2.C2H6/c1-9(2)12-8-11-6-5-7-14-13(11)15(12)10(3)4;1-2/h5-7,9-10,12H,8H2,1-4H3;1-2H3. The molecule has 0 radical (unpaired) electrons. The fourth-order valence-electron chi connectivity index (χ4n) is 2.49. The van der Waals surface area contributed by atoms with Crippen molar-refractivity contribution in [3.8, 4) is 0 Å². The van der Waals surface area contributed by atoms with Gasteiger partial charge in [0.1, 0.15) is 5.82 Å². The Morgan fingerprint density at radius 1 is 1.24 bits per heavy atom. The number of hydrogen-bond acceptors (Lipinski definition) is 2. The molecule has 1 aromatic heterocycles. The van der Waals surface area contributed by atoms with E-state index in [1.54, 1.807) is 0 Å². The summed E-state index contributed by atoms with van der Waals surface area (Å²) in [7, 11) is 0. The molecular weight excluding hydrogens is 208 g/mol. The van der Waals surface area contributed by atoms with Gasteiger partial charge in [0.05, 0.1) is 0 Å². The topological polar surface area (TPSA) is 16.1 Å². The summed E-state index contributed by atoms with van der Waals surface area (Å²) in [5.74, 6) is 1.88. The fourth-order valence-corrected chi connectivity index (χ4v) is 2.49. The highest BCUT2D eigenvalue weighted by atomic mass is 15.3. The first kappa shape index (κ1) is 14.0. The Morgan fingerprint density at radius 2 is 1.88 bits per heavy atom. The van der Waals surface area contributed by atoms with E-state index in [2.05, 4.69) is 43.6 Å². The fraction of sp³-hybridized carbons (Fsp3) is 0.667. The van der Waals surface area contributed by atoms with Crippen molar-refractivity contribution < 1.29 is 0 Å². The molecule has 2 heteroatoms. The molecule has 96 valence electrons.